The molecule has 2 N–H and O–H groups in total. The van der Waals surface area contributed by atoms with Crippen LogP contribution in [0.15, 0.2) is 55.1 Å². The molecule has 0 spiro atoms. The SMILES string of the molecule is C=CC(=O)N1CCN(c2nc(NC3CCN(C4CC4)CC3)nc3c(F)c(-c4cc(O)cc5ccccc45)c(Cl)cc23)CC1. The fourth-order valence-corrected chi connectivity index (χ4v) is 6.83. The molecular weight excluding hydrogens is 567 g/mol. The first-order valence-corrected chi connectivity index (χ1v) is 15.4. The minimum atomic E-state index is -0.561. The van der Waals surface area contributed by atoms with E-state index in [0.29, 0.717) is 48.9 Å². The number of likely N-dealkylation sites (tertiary alicyclic amines) is 1. The standard InChI is InChI=1S/C33H34ClFN6O2/c1-2-28(43)40-13-15-41(16-14-40)32-26-19-27(34)29(25-18-23(42)17-20-5-3-4-6-24(20)25)30(35)31(26)37-33(38-32)36-21-9-11-39(12-10-21)22-7-8-22/h2-6,17-19,21-22,42H,1,7-16H2,(H,36,37,38). The number of rotatable bonds is 6. The van der Waals surface area contributed by atoms with Crippen molar-refractivity contribution < 1.29 is 14.3 Å². The maximum Gasteiger partial charge on any atom is 0.246 e. The van der Waals surface area contributed by atoms with Crippen LogP contribution in [0.25, 0.3) is 32.8 Å². The molecule has 3 aliphatic rings. The summed E-state index contributed by atoms with van der Waals surface area (Å²) in [6, 6.07) is 13.4. The summed E-state index contributed by atoms with van der Waals surface area (Å²) in [5, 5.41) is 16.3. The molecule has 222 valence electrons. The number of nitrogens with zero attached hydrogens (tertiary/aromatic N) is 5. The number of nitrogens with one attached hydrogen (secondary N) is 1. The van der Waals surface area contributed by atoms with Crippen LogP contribution in [0.4, 0.5) is 16.2 Å². The molecule has 1 aromatic heterocycles. The number of aromatic nitrogens is 2. The Morgan fingerprint density at radius 2 is 1.74 bits per heavy atom. The van der Waals surface area contributed by atoms with Gasteiger partial charge in [-0.3, -0.25) is 4.79 Å². The number of amides is 1. The van der Waals surface area contributed by atoms with Crippen molar-refractivity contribution in [2.75, 3.05) is 49.5 Å². The van der Waals surface area contributed by atoms with Crippen LogP contribution in [0.5, 0.6) is 5.75 Å². The van der Waals surface area contributed by atoms with Gasteiger partial charge in [-0.2, -0.15) is 4.98 Å². The van der Waals surface area contributed by atoms with Crippen molar-refractivity contribution in [3.8, 4) is 16.9 Å². The van der Waals surface area contributed by atoms with Crippen molar-refractivity contribution in [1.29, 1.82) is 0 Å². The number of fused-ring (bicyclic) bond motifs is 2. The first kappa shape index (κ1) is 27.9. The second kappa shape index (κ2) is 11.3. The molecule has 0 unspecified atom stereocenters. The van der Waals surface area contributed by atoms with Gasteiger partial charge >= 0.3 is 0 Å². The summed E-state index contributed by atoms with van der Waals surface area (Å²) in [6.45, 7) is 7.73. The van der Waals surface area contributed by atoms with Crippen LogP contribution in [0, 0.1) is 5.82 Å². The second-order valence-corrected chi connectivity index (χ2v) is 12.1. The molecule has 2 saturated heterocycles. The highest BCUT2D eigenvalue weighted by atomic mass is 35.5. The van der Waals surface area contributed by atoms with E-state index in [4.69, 9.17) is 21.6 Å². The third kappa shape index (κ3) is 5.36. The zero-order chi connectivity index (χ0) is 29.7. The monoisotopic (exact) mass is 600 g/mol. The van der Waals surface area contributed by atoms with Crippen molar-refractivity contribution in [2.45, 2.75) is 37.8 Å². The van der Waals surface area contributed by atoms with Crippen molar-refractivity contribution in [3.63, 3.8) is 0 Å². The lowest BCUT2D eigenvalue weighted by Crippen LogP contribution is -2.48. The van der Waals surface area contributed by atoms with Gasteiger partial charge in [0.2, 0.25) is 11.9 Å². The number of aromatic hydroxyl groups is 1. The van der Waals surface area contributed by atoms with Gasteiger partial charge in [0.25, 0.3) is 0 Å². The number of hydrogen-bond donors (Lipinski definition) is 2. The smallest absolute Gasteiger partial charge is 0.246 e. The molecule has 10 heteroatoms. The van der Waals surface area contributed by atoms with E-state index in [0.717, 1.165) is 42.7 Å². The first-order chi connectivity index (χ1) is 20.9. The van der Waals surface area contributed by atoms with Crippen molar-refractivity contribution in [1.82, 2.24) is 19.8 Å². The number of phenols is 1. The van der Waals surface area contributed by atoms with E-state index in [1.54, 1.807) is 23.1 Å². The molecule has 3 aromatic carbocycles. The van der Waals surface area contributed by atoms with Gasteiger partial charge in [-0.15, -0.1) is 0 Å². The molecule has 1 aliphatic carbocycles. The van der Waals surface area contributed by atoms with Crippen molar-refractivity contribution in [3.05, 3.63) is 66.0 Å². The minimum Gasteiger partial charge on any atom is -0.508 e. The van der Waals surface area contributed by atoms with E-state index in [9.17, 15) is 9.90 Å². The molecule has 8 nitrogen and oxygen atoms in total. The number of piperazine rings is 1. The lowest BCUT2D eigenvalue weighted by molar-refractivity contribution is -0.126. The van der Waals surface area contributed by atoms with E-state index < -0.39 is 5.82 Å². The number of phenolic OH excluding ortho intramolecular Hbond substituents is 1. The van der Waals surface area contributed by atoms with Gasteiger partial charge in [-0.25, -0.2) is 9.37 Å². The Kier molecular flexibility index (Phi) is 7.31. The Balaban J connectivity index is 1.31. The van der Waals surface area contributed by atoms with Gasteiger partial charge in [0.1, 0.15) is 17.1 Å². The number of carbonyl (C=O) groups is 1. The zero-order valence-electron chi connectivity index (χ0n) is 23.9. The van der Waals surface area contributed by atoms with Crippen LogP contribution in [-0.4, -0.2) is 82.1 Å². The summed E-state index contributed by atoms with van der Waals surface area (Å²) in [7, 11) is 0. The average Bonchev–Trinajstić information content (AvgIpc) is 3.87. The number of benzene rings is 3. The summed E-state index contributed by atoms with van der Waals surface area (Å²) in [4.78, 5) is 28.2. The van der Waals surface area contributed by atoms with E-state index in [-0.39, 0.29) is 33.8 Å². The highest BCUT2D eigenvalue weighted by Gasteiger charge is 2.32. The molecule has 7 rings (SSSR count). The molecule has 1 saturated carbocycles. The lowest BCUT2D eigenvalue weighted by atomic mass is 9.96. The van der Waals surface area contributed by atoms with E-state index in [1.807, 2.05) is 24.3 Å². The first-order valence-electron chi connectivity index (χ1n) is 15.0. The Morgan fingerprint density at radius 1 is 1.00 bits per heavy atom. The van der Waals surface area contributed by atoms with Crippen LogP contribution in [0.1, 0.15) is 25.7 Å². The van der Waals surface area contributed by atoms with Crippen molar-refractivity contribution in [2.24, 2.45) is 0 Å². The third-order valence-electron chi connectivity index (χ3n) is 8.97. The highest BCUT2D eigenvalue weighted by Crippen LogP contribution is 2.42. The molecule has 3 heterocycles. The van der Waals surface area contributed by atoms with E-state index >= 15 is 4.39 Å². The summed E-state index contributed by atoms with van der Waals surface area (Å²) in [6.07, 6.45) is 5.85. The topological polar surface area (TPSA) is 84.8 Å². The van der Waals surface area contributed by atoms with Crippen LogP contribution < -0.4 is 10.2 Å². The van der Waals surface area contributed by atoms with Gasteiger partial charge in [-0.05, 0) is 66.3 Å². The number of hydrogen-bond acceptors (Lipinski definition) is 7. The molecule has 1 amide bonds. The van der Waals surface area contributed by atoms with E-state index in [2.05, 4.69) is 21.7 Å². The second-order valence-electron chi connectivity index (χ2n) is 11.7. The predicted octanol–water partition coefficient (Wildman–Crippen LogP) is 5.82. The molecule has 4 aromatic rings. The van der Waals surface area contributed by atoms with Crippen LogP contribution in [0.3, 0.4) is 0 Å². The van der Waals surface area contributed by atoms with Gasteiger partial charge in [-0.1, -0.05) is 42.4 Å². The Hall–Kier alpha value is -3.95. The maximum absolute atomic E-state index is 16.8. The molecule has 2 aliphatic heterocycles. The number of anilines is 2. The summed E-state index contributed by atoms with van der Waals surface area (Å²) in [5.74, 6) is 0.323. The maximum atomic E-state index is 16.8. The summed E-state index contributed by atoms with van der Waals surface area (Å²) < 4.78 is 16.8. The lowest BCUT2D eigenvalue weighted by Gasteiger charge is -2.36. The number of halogens is 2. The fourth-order valence-electron chi connectivity index (χ4n) is 6.53. The number of piperidine rings is 1. The van der Waals surface area contributed by atoms with Crippen LogP contribution >= 0.6 is 11.6 Å². The van der Waals surface area contributed by atoms with Gasteiger partial charge < -0.3 is 25.1 Å². The molecule has 0 radical (unpaired) electrons. The molecule has 43 heavy (non-hydrogen) atoms. The normalized spacial score (nSPS) is 18.4. The van der Waals surface area contributed by atoms with Crippen LogP contribution in [-0.2, 0) is 4.79 Å². The van der Waals surface area contributed by atoms with Crippen molar-refractivity contribution >= 4 is 50.9 Å². The predicted molar refractivity (Wildman–Crippen MR) is 169 cm³/mol. The van der Waals surface area contributed by atoms with Gasteiger partial charge in [0, 0.05) is 62.3 Å². The molecule has 0 bridgehead atoms. The largest absolute Gasteiger partial charge is 0.508 e. The molecule has 3 fully saturated rings. The zero-order valence-corrected chi connectivity index (χ0v) is 24.7. The minimum absolute atomic E-state index is 0.0273. The third-order valence-corrected chi connectivity index (χ3v) is 9.27. The Morgan fingerprint density at radius 3 is 2.47 bits per heavy atom. The molecular formula is C33H34ClFN6O2. The summed E-state index contributed by atoms with van der Waals surface area (Å²) >= 11 is 6.85. The summed E-state index contributed by atoms with van der Waals surface area (Å²) in [5.41, 5.74) is 0.856. The fraction of sp³-hybridized carbons (Fsp3) is 0.364. The average molecular weight is 601 g/mol. The van der Waals surface area contributed by atoms with Gasteiger partial charge in [0.15, 0.2) is 5.82 Å². The number of carbonyl (C=O) groups excluding carboxylic acids is 1. The Bertz CT molecular complexity index is 1730. The van der Waals surface area contributed by atoms with Gasteiger partial charge in [0.05, 0.1) is 5.02 Å². The molecule has 0 atom stereocenters. The van der Waals surface area contributed by atoms with E-state index in [1.165, 1.54) is 18.9 Å². The Labute approximate surface area is 254 Å². The van der Waals surface area contributed by atoms with Crippen LogP contribution in [0.2, 0.25) is 5.02 Å². The highest BCUT2D eigenvalue weighted by molar-refractivity contribution is 6.35. The quantitative estimate of drug-likeness (QED) is 0.270.